The van der Waals surface area contributed by atoms with Crippen molar-refractivity contribution in [2.45, 2.75) is 36.9 Å². The number of hydrogen-bond donors (Lipinski definition) is 0. The van der Waals surface area contributed by atoms with Crippen molar-refractivity contribution in [3.63, 3.8) is 0 Å². The van der Waals surface area contributed by atoms with Crippen molar-refractivity contribution < 1.29 is 23.3 Å². The summed E-state index contributed by atoms with van der Waals surface area (Å²) in [5, 5.41) is 0. The Labute approximate surface area is 142 Å². The van der Waals surface area contributed by atoms with Crippen LogP contribution in [0.1, 0.15) is 25.0 Å². The highest BCUT2D eigenvalue weighted by Crippen LogP contribution is 2.41. The van der Waals surface area contributed by atoms with Crippen LogP contribution in [-0.4, -0.2) is 16.1 Å². The van der Waals surface area contributed by atoms with Gasteiger partial charge in [-0.3, -0.25) is 9.59 Å². The van der Waals surface area contributed by atoms with Crippen LogP contribution in [0, 0.1) is 0 Å². The van der Waals surface area contributed by atoms with Crippen LogP contribution in [0.15, 0.2) is 46.2 Å². The molecular weight excluding hydrogens is 328 g/mol. The van der Waals surface area contributed by atoms with E-state index in [0.717, 1.165) is 32.0 Å². The molecular formula is C18H16O5S. The number of esters is 2. The van der Waals surface area contributed by atoms with Gasteiger partial charge in [0.15, 0.2) is 0 Å². The molecule has 1 aliphatic heterocycles. The first kappa shape index (κ1) is 16.4. The van der Waals surface area contributed by atoms with Gasteiger partial charge in [-0.15, -0.1) is 0 Å². The van der Waals surface area contributed by atoms with Crippen LogP contribution >= 0.6 is 0 Å². The molecule has 0 saturated heterocycles. The van der Waals surface area contributed by atoms with E-state index < -0.39 is 10.8 Å². The summed E-state index contributed by atoms with van der Waals surface area (Å²) in [6.45, 7) is 3.08. The topological polar surface area (TPSA) is 69.7 Å². The number of carbonyl (C=O) groups is 2. The van der Waals surface area contributed by atoms with E-state index in [4.69, 9.17) is 9.47 Å². The monoisotopic (exact) mass is 344 g/mol. The molecule has 5 nitrogen and oxygen atoms in total. The molecule has 0 bridgehead atoms. The fraction of sp³-hybridized carbons (Fsp3) is 0.222. The molecule has 0 aromatic heterocycles. The minimum Gasteiger partial charge on any atom is -0.461 e. The zero-order chi connectivity index (χ0) is 17.3. The fourth-order valence-corrected chi connectivity index (χ4v) is 3.92. The zero-order valence-electron chi connectivity index (χ0n) is 13.3. The predicted molar refractivity (Wildman–Crippen MR) is 87.5 cm³/mol. The second kappa shape index (κ2) is 6.57. The van der Waals surface area contributed by atoms with Gasteiger partial charge in [0.1, 0.15) is 13.2 Å². The standard InChI is InChI=1S/C18H16O5S/c1-11(19)22-9-13-3-5-17-15(7-13)16-8-14(10-23-12(2)20)4-6-18(16)24(17)21/h3-8H,9-10H2,1-2H3. The van der Waals surface area contributed by atoms with Gasteiger partial charge in [0.25, 0.3) is 0 Å². The molecule has 0 fully saturated rings. The van der Waals surface area contributed by atoms with Crippen LogP contribution in [0.2, 0.25) is 0 Å². The zero-order valence-corrected chi connectivity index (χ0v) is 14.1. The predicted octanol–water partition coefficient (Wildman–Crippen LogP) is 2.96. The maximum atomic E-state index is 12.6. The number of hydrogen-bond acceptors (Lipinski definition) is 5. The Bertz CT molecular complexity index is 787. The minimum atomic E-state index is -1.23. The maximum absolute atomic E-state index is 12.6. The van der Waals surface area contributed by atoms with Crippen molar-refractivity contribution >= 4 is 22.7 Å². The average molecular weight is 344 g/mol. The van der Waals surface area contributed by atoms with Crippen LogP contribution in [0.4, 0.5) is 0 Å². The molecule has 1 heterocycles. The lowest BCUT2D eigenvalue weighted by atomic mass is 10.0. The molecule has 6 heteroatoms. The highest BCUT2D eigenvalue weighted by molar-refractivity contribution is 7.85. The quantitative estimate of drug-likeness (QED) is 0.681. The summed E-state index contributed by atoms with van der Waals surface area (Å²) in [5.74, 6) is -0.689. The Morgan fingerprint density at radius 2 is 1.25 bits per heavy atom. The van der Waals surface area contributed by atoms with Crippen LogP contribution in [0.25, 0.3) is 11.1 Å². The van der Waals surface area contributed by atoms with E-state index >= 15 is 0 Å². The molecule has 2 aromatic carbocycles. The first-order chi connectivity index (χ1) is 11.5. The third-order valence-corrected chi connectivity index (χ3v) is 5.17. The first-order valence-corrected chi connectivity index (χ1v) is 8.55. The van der Waals surface area contributed by atoms with E-state index in [1.165, 1.54) is 13.8 Å². The van der Waals surface area contributed by atoms with Crippen molar-refractivity contribution in [1.82, 2.24) is 0 Å². The second-order valence-corrected chi connectivity index (χ2v) is 6.91. The molecule has 0 unspecified atom stereocenters. The van der Waals surface area contributed by atoms with Crippen molar-refractivity contribution in [2.75, 3.05) is 0 Å². The highest BCUT2D eigenvalue weighted by Gasteiger charge is 2.26. The van der Waals surface area contributed by atoms with Crippen molar-refractivity contribution in [2.24, 2.45) is 0 Å². The van der Waals surface area contributed by atoms with E-state index in [2.05, 4.69) is 0 Å². The Kier molecular flexibility index (Phi) is 4.49. The average Bonchev–Trinajstić information content (AvgIpc) is 2.83. The van der Waals surface area contributed by atoms with Gasteiger partial charge >= 0.3 is 11.9 Å². The summed E-state index contributed by atoms with van der Waals surface area (Å²) >= 11 is 0. The van der Waals surface area contributed by atoms with Crippen molar-refractivity contribution in [1.29, 1.82) is 0 Å². The minimum absolute atomic E-state index is 0.178. The Hall–Kier alpha value is -2.47. The molecule has 24 heavy (non-hydrogen) atoms. The van der Waals surface area contributed by atoms with Gasteiger partial charge in [-0.25, -0.2) is 4.21 Å². The number of ether oxygens (including phenoxy) is 2. The normalized spacial score (nSPS) is 12.4. The fourth-order valence-electron chi connectivity index (χ4n) is 2.57. The summed E-state index contributed by atoms with van der Waals surface area (Å²) in [6.07, 6.45) is 0. The smallest absolute Gasteiger partial charge is 0.302 e. The number of rotatable bonds is 4. The lowest BCUT2D eigenvalue weighted by Gasteiger charge is -2.07. The number of benzene rings is 2. The number of carbonyl (C=O) groups excluding carboxylic acids is 2. The van der Waals surface area contributed by atoms with Crippen LogP contribution in [-0.2, 0) is 43.1 Å². The summed E-state index contributed by atoms with van der Waals surface area (Å²) in [4.78, 5) is 23.4. The maximum Gasteiger partial charge on any atom is 0.302 e. The molecule has 0 amide bonds. The molecule has 0 N–H and O–H groups in total. The molecule has 0 spiro atoms. The van der Waals surface area contributed by atoms with E-state index in [1.54, 1.807) is 12.1 Å². The SMILES string of the molecule is CC(=O)OCc1ccc2c(c1)-c1cc(COC(C)=O)ccc1S2=O. The molecule has 2 aromatic rings. The van der Waals surface area contributed by atoms with E-state index in [1.807, 2.05) is 24.3 Å². The second-order valence-electron chi connectivity index (χ2n) is 5.49. The summed E-state index contributed by atoms with van der Waals surface area (Å²) in [6, 6.07) is 11.0. The van der Waals surface area contributed by atoms with E-state index in [9.17, 15) is 13.8 Å². The molecule has 124 valence electrons. The van der Waals surface area contributed by atoms with Gasteiger partial charge in [-0.2, -0.15) is 0 Å². The van der Waals surface area contributed by atoms with Gasteiger partial charge in [-0.1, -0.05) is 12.1 Å². The van der Waals surface area contributed by atoms with Gasteiger partial charge in [0.05, 0.1) is 20.6 Å². The summed E-state index contributed by atoms with van der Waals surface area (Å²) < 4.78 is 22.6. The highest BCUT2D eigenvalue weighted by atomic mass is 32.2. The summed E-state index contributed by atoms with van der Waals surface area (Å²) in [7, 11) is -1.23. The van der Waals surface area contributed by atoms with Gasteiger partial charge in [0.2, 0.25) is 0 Å². The van der Waals surface area contributed by atoms with E-state index in [0.29, 0.717) is 0 Å². The van der Waals surface area contributed by atoms with Crippen molar-refractivity contribution in [3.05, 3.63) is 47.5 Å². The van der Waals surface area contributed by atoms with Gasteiger partial charge in [-0.05, 0) is 46.5 Å². The molecule has 1 aliphatic rings. The third kappa shape index (κ3) is 3.23. The molecule has 3 rings (SSSR count). The van der Waals surface area contributed by atoms with Gasteiger partial charge < -0.3 is 9.47 Å². The van der Waals surface area contributed by atoms with Crippen LogP contribution in [0.3, 0.4) is 0 Å². The van der Waals surface area contributed by atoms with E-state index in [-0.39, 0.29) is 25.2 Å². The lowest BCUT2D eigenvalue weighted by molar-refractivity contribution is -0.143. The molecule has 0 atom stereocenters. The molecule has 0 aliphatic carbocycles. The Balaban J connectivity index is 1.95. The van der Waals surface area contributed by atoms with Crippen LogP contribution < -0.4 is 0 Å². The molecule has 0 radical (unpaired) electrons. The number of fused-ring (bicyclic) bond motifs is 3. The van der Waals surface area contributed by atoms with Crippen LogP contribution in [0.5, 0.6) is 0 Å². The molecule has 0 saturated carbocycles. The largest absolute Gasteiger partial charge is 0.461 e. The lowest BCUT2D eigenvalue weighted by Crippen LogP contribution is -1.99. The Morgan fingerprint density at radius 3 is 1.62 bits per heavy atom. The Morgan fingerprint density at radius 1 is 0.833 bits per heavy atom. The first-order valence-electron chi connectivity index (χ1n) is 7.40. The van der Waals surface area contributed by atoms with Crippen molar-refractivity contribution in [3.8, 4) is 11.1 Å². The summed E-state index contributed by atoms with van der Waals surface area (Å²) in [5.41, 5.74) is 3.38. The third-order valence-electron chi connectivity index (χ3n) is 3.66. The van der Waals surface area contributed by atoms with Gasteiger partial charge in [0, 0.05) is 13.8 Å².